The molecule has 1 atom stereocenters. The molecule has 0 radical (unpaired) electrons. The van der Waals surface area contributed by atoms with Gasteiger partial charge in [-0.15, -0.1) is 11.6 Å². The molecule has 0 aromatic carbocycles. The normalized spacial score (nSPS) is 18.9. The number of hydrogen-bond acceptors (Lipinski definition) is 2. The maximum absolute atomic E-state index is 6.36. The number of aromatic nitrogens is 4. The Morgan fingerprint density at radius 1 is 1.30 bits per heavy atom. The van der Waals surface area contributed by atoms with E-state index in [1.54, 1.807) is 0 Å². The van der Waals surface area contributed by atoms with Gasteiger partial charge < -0.3 is 4.57 Å². The van der Waals surface area contributed by atoms with E-state index in [9.17, 15) is 0 Å². The van der Waals surface area contributed by atoms with Crippen molar-refractivity contribution in [3.63, 3.8) is 0 Å². The van der Waals surface area contributed by atoms with Crippen LogP contribution in [0, 0.1) is 18.3 Å². The molecule has 0 bridgehead atoms. The number of rotatable bonds is 4. The van der Waals surface area contributed by atoms with Crippen LogP contribution >= 0.6 is 11.6 Å². The molecule has 1 aliphatic rings. The summed E-state index contributed by atoms with van der Waals surface area (Å²) in [4.78, 5) is 4.75. The number of hydrogen-bond donors (Lipinski definition) is 0. The monoisotopic (exact) mass is 294 g/mol. The van der Waals surface area contributed by atoms with Crippen molar-refractivity contribution < 1.29 is 0 Å². The van der Waals surface area contributed by atoms with E-state index >= 15 is 0 Å². The van der Waals surface area contributed by atoms with Gasteiger partial charge in [-0.1, -0.05) is 13.8 Å². The van der Waals surface area contributed by atoms with E-state index in [2.05, 4.69) is 23.5 Å². The van der Waals surface area contributed by atoms with Gasteiger partial charge in [-0.25, -0.2) is 4.98 Å². The summed E-state index contributed by atoms with van der Waals surface area (Å²) in [6.45, 7) is 9.65. The first-order valence-corrected chi connectivity index (χ1v) is 7.83. The summed E-state index contributed by atoms with van der Waals surface area (Å²) < 4.78 is 4.25. The SMILES string of the molecule is Cc1nn(C)c2c1nc(C(C)Cl)n2CC1(C(C)C)CC1. The minimum absolute atomic E-state index is 0.0789. The van der Waals surface area contributed by atoms with Crippen LogP contribution in [0.25, 0.3) is 11.2 Å². The van der Waals surface area contributed by atoms with Crippen molar-refractivity contribution in [2.45, 2.75) is 52.5 Å². The minimum atomic E-state index is -0.0789. The Morgan fingerprint density at radius 2 is 1.95 bits per heavy atom. The highest BCUT2D eigenvalue weighted by Gasteiger charge is 2.46. The summed E-state index contributed by atoms with van der Waals surface area (Å²) in [6, 6.07) is 0. The smallest absolute Gasteiger partial charge is 0.158 e. The third kappa shape index (κ3) is 1.96. The van der Waals surface area contributed by atoms with Crippen LogP contribution in [0.2, 0.25) is 0 Å². The predicted molar refractivity (Wildman–Crippen MR) is 82.0 cm³/mol. The lowest BCUT2D eigenvalue weighted by atomic mass is 9.92. The van der Waals surface area contributed by atoms with Gasteiger partial charge in [-0.2, -0.15) is 5.10 Å². The molecule has 1 aliphatic carbocycles. The first-order chi connectivity index (χ1) is 9.35. The standard InChI is InChI=1S/C15H23ClN4/c1-9(2)15(6-7-15)8-20-13(10(3)16)17-12-11(4)18-19(5)14(12)20/h9-10H,6-8H2,1-5H3. The molecule has 5 heteroatoms. The number of nitrogens with zero attached hydrogens (tertiary/aromatic N) is 4. The molecule has 20 heavy (non-hydrogen) atoms. The third-order valence-corrected chi connectivity index (χ3v) is 5.06. The number of fused-ring (bicyclic) bond motifs is 1. The Morgan fingerprint density at radius 3 is 2.45 bits per heavy atom. The second-order valence-electron chi connectivity index (χ2n) is 6.57. The maximum Gasteiger partial charge on any atom is 0.158 e. The Bertz CT molecular complexity index is 646. The van der Waals surface area contributed by atoms with Gasteiger partial charge in [-0.3, -0.25) is 4.68 Å². The number of imidazole rings is 1. The third-order valence-electron chi connectivity index (χ3n) is 4.87. The van der Waals surface area contributed by atoms with E-state index in [1.165, 1.54) is 12.8 Å². The number of halogens is 1. The van der Waals surface area contributed by atoms with Crippen molar-refractivity contribution >= 4 is 22.8 Å². The van der Waals surface area contributed by atoms with Crippen LogP contribution in [0.4, 0.5) is 0 Å². The zero-order chi connectivity index (χ0) is 14.7. The Hall–Kier alpha value is -1.03. The van der Waals surface area contributed by atoms with E-state index in [1.807, 2.05) is 25.6 Å². The molecular formula is C15H23ClN4. The molecule has 0 saturated heterocycles. The van der Waals surface area contributed by atoms with Gasteiger partial charge in [0.1, 0.15) is 11.3 Å². The lowest BCUT2D eigenvalue weighted by molar-refractivity contribution is 0.307. The lowest BCUT2D eigenvalue weighted by Gasteiger charge is -2.22. The molecule has 1 saturated carbocycles. The lowest BCUT2D eigenvalue weighted by Crippen LogP contribution is -2.20. The molecule has 2 aromatic rings. The van der Waals surface area contributed by atoms with Crippen LogP contribution in [0.1, 0.15) is 50.5 Å². The van der Waals surface area contributed by atoms with Crippen LogP contribution in [0.5, 0.6) is 0 Å². The molecular weight excluding hydrogens is 272 g/mol. The molecule has 0 amide bonds. The fourth-order valence-corrected chi connectivity index (χ4v) is 3.37. The van der Waals surface area contributed by atoms with Crippen molar-refractivity contribution in [1.29, 1.82) is 0 Å². The van der Waals surface area contributed by atoms with Gasteiger partial charge in [0.05, 0.1) is 11.1 Å². The molecule has 3 rings (SSSR count). The first-order valence-electron chi connectivity index (χ1n) is 7.39. The van der Waals surface area contributed by atoms with Crippen molar-refractivity contribution in [3.05, 3.63) is 11.5 Å². The second-order valence-corrected chi connectivity index (χ2v) is 7.23. The highest BCUT2D eigenvalue weighted by molar-refractivity contribution is 6.20. The van der Waals surface area contributed by atoms with Gasteiger partial charge in [0.25, 0.3) is 0 Å². The van der Waals surface area contributed by atoms with Crippen LogP contribution in [0.3, 0.4) is 0 Å². The van der Waals surface area contributed by atoms with Crippen molar-refractivity contribution in [2.24, 2.45) is 18.4 Å². The summed E-state index contributed by atoms with van der Waals surface area (Å²) in [6.07, 6.45) is 2.61. The van der Waals surface area contributed by atoms with Crippen LogP contribution in [-0.4, -0.2) is 19.3 Å². The fourth-order valence-electron chi connectivity index (χ4n) is 3.20. The zero-order valence-electron chi connectivity index (χ0n) is 12.9. The molecule has 0 N–H and O–H groups in total. The molecule has 0 aliphatic heterocycles. The van der Waals surface area contributed by atoms with Crippen LogP contribution < -0.4 is 0 Å². The molecule has 2 aromatic heterocycles. The summed E-state index contributed by atoms with van der Waals surface area (Å²) >= 11 is 6.36. The quantitative estimate of drug-likeness (QED) is 0.804. The van der Waals surface area contributed by atoms with E-state index in [-0.39, 0.29) is 5.38 Å². The average Bonchev–Trinajstić information content (AvgIpc) is 2.94. The topological polar surface area (TPSA) is 35.6 Å². The molecule has 1 unspecified atom stereocenters. The van der Waals surface area contributed by atoms with Gasteiger partial charge >= 0.3 is 0 Å². The van der Waals surface area contributed by atoms with Crippen molar-refractivity contribution in [3.8, 4) is 0 Å². The average molecular weight is 295 g/mol. The number of alkyl halides is 1. The molecule has 2 heterocycles. The molecule has 1 fully saturated rings. The van der Waals surface area contributed by atoms with E-state index in [0.717, 1.165) is 29.2 Å². The van der Waals surface area contributed by atoms with Gasteiger partial charge in [0.15, 0.2) is 5.65 Å². The van der Waals surface area contributed by atoms with Gasteiger partial charge in [0.2, 0.25) is 0 Å². The van der Waals surface area contributed by atoms with E-state index in [0.29, 0.717) is 11.3 Å². The van der Waals surface area contributed by atoms with E-state index < -0.39 is 0 Å². The summed E-state index contributed by atoms with van der Waals surface area (Å²) in [5, 5.41) is 4.42. The number of aryl methyl sites for hydroxylation is 2. The second kappa shape index (κ2) is 4.48. The highest BCUT2D eigenvalue weighted by atomic mass is 35.5. The Balaban J connectivity index is 2.14. The van der Waals surface area contributed by atoms with Crippen molar-refractivity contribution in [2.75, 3.05) is 0 Å². The largest absolute Gasteiger partial charge is 0.311 e. The van der Waals surface area contributed by atoms with Crippen LogP contribution in [-0.2, 0) is 13.6 Å². The van der Waals surface area contributed by atoms with Crippen LogP contribution in [0.15, 0.2) is 0 Å². The first kappa shape index (κ1) is 13.9. The zero-order valence-corrected chi connectivity index (χ0v) is 13.7. The fraction of sp³-hybridized carbons (Fsp3) is 0.733. The maximum atomic E-state index is 6.36. The Labute approximate surface area is 125 Å². The van der Waals surface area contributed by atoms with Gasteiger partial charge in [-0.05, 0) is 38.0 Å². The molecule has 110 valence electrons. The Kier molecular flexibility index (Phi) is 3.12. The molecule has 0 spiro atoms. The van der Waals surface area contributed by atoms with Gasteiger partial charge in [0, 0.05) is 13.6 Å². The summed E-state index contributed by atoms with van der Waals surface area (Å²) in [5.74, 6) is 1.66. The summed E-state index contributed by atoms with van der Waals surface area (Å²) in [7, 11) is 1.99. The highest BCUT2D eigenvalue weighted by Crippen LogP contribution is 2.53. The summed E-state index contributed by atoms with van der Waals surface area (Å²) in [5.41, 5.74) is 3.51. The van der Waals surface area contributed by atoms with Crippen molar-refractivity contribution in [1.82, 2.24) is 19.3 Å². The predicted octanol–water partition coefficient (Wildman–Crippen LogP) is 3.81. The minimum Gasteiger partial charge on any atom is -0.311 e. The van der Waals surface area contributed by atoms with E-state index in [4.69, 9.17) is 16.6 Å². The molecule has 4 nitrogen and oxygen atoms in total.